The first kappa shape index (κ1) is 14.5. The minimum Gasteiger partial charge on any atom is -0.495 e. The summed E-state index contributed by atoms with van der Waals surface area (Å²) in [6.07, 6.45) is 3.40. The van der Waals surface area contributed by atoms with Gasteiger partial charge < -0.3 is 10.1 Å². The zero-order valence-electron chi connectivity index (χ0n) is 12.1. The number of aromatic nitrogens is 1. The first-order chi connectivity index (χ1) is 10.2. The Morgan fingerprint density at radius 3 is 3.24 bits per heavy atom. The zero-order valence-corrected chi connectivity index (χ0v) is 13.8. The molecule has 1 aliphatic carbocycles. The molecule has 0 aliphatic heterocycles. The molecule has 0 spiro atoms. The molecule has 112 valence electrons. The van der Waals surface area contributed by atoms with E-state index in [-0.39, 0.29) is 5.91 Å². The molecule has 4 nitrogen and oxygen atoms in total. The van der Waals surface area contributed by atoms with Crippen molar-refractivity contribution in [2.75, 3.05) is 13.7 Å². The first-order valence-corrected chi connectivity index (χ1v) is 8.74. The fraction of sp³-hybridized carbons (Fsp3) is 0.467. The standard InChI is InChI=1S/C15H18N2O2S2/c1-9-17-13-10(4-3-5-12(13)21-9)8-16-15(18)14-11(19-2)6-7-20-14/h6-7,10H,3-5,8H2,1-2H3,(H,16,18). The second-order valence-corrected chi connectivity index (χ2v) is 7.36. The van der Waals surface area contributed by atoms with Crippen LogP contribution in [0.5, 0.6) is 5.75 Å². The summed E-state index contributed by atoms with van der Waals surface area (Å²) in [5, 5.41) is 6.03. The average molecular weight is 322 g/mol. The number of rotatable bonds is 4. The van der Waals surface area contributed by atoms with Gasteiger partial charge >= 0.3 is 0 Å². The van der Waals surface area contributed by atoms with E-state index in [0.717, 1.165) is 17.8 Å². The molecule has 0 radical (unpaired) electrons. The summed E-state index contributed by atoms with van der Waals surface area (Å²) in [6.45, 7) is 2.70. The van der Waals surface area contributed by atoms with Crippen LogP contribution in [0.15, 0.2) is 11.4 Å². The summed E-state index contributed by atoms with van der Waals surface area (Å²) < 4.78 is 5.20. The van der Waals surface area contributed by atoms with Crippen molar-refractivity contribution < 1.29 is 9.53 Å². The van der Waals surface area contributed by atoms with Gasteiger partial charge in [-0.25, -0.2) is 4.98 Å². The third-order valence-electron chi connectivity index (χ3n) is 3.74. The molecule has 0 saturated carbocycles. The van der Waals surface area contributed by atoms with Crippen molar-refractivity contribution in [2.45, 2.75) is 32.1 Å². The van der Waals surface area contributed by atoms with Crippen LogP contribution in [0.2, 0.25) is 0 Å². The van der Waals surface area contributed by atoms with Crippen molar-refractivity contribution in [2.24, 2.45) is 0 Å². The molecule has 0 aromatic carbocycles. The number of aryl methyl sites for hydroxylation is 2. The maximum atomic E-state index is 12.2. The van der Waals surface area contributed by atoms with E-state index in [2.05, 4.69) is 17.2 Å². The van der Waals surface area contributed by atoms with Gasteiger partial charge in [0, 0.05) is 17.3 Å². The maximum Gasteiger partial charge on any atom is 0.265 e. The van der Waals surface area contributed by atoms with E-state index in [4.69, 9.17) is 4.74 Å². The number of nitrogens with zero attached hydrogens (tertiary/aromatic N) is 1. The number of methoxy groups -OCH3 is 1. The number of thiazole rings is 1. The van der Waals surface area contributed by atoms with Crippen LogP contribution in [0.25, 0.3) is 0 Å². The Balaban J connectivity index is 1.67. The smallest absolute Gasteiger partial charge is 0.265 e. The maximum absolute atomic E-state index is 12.2. The van der Waals surface area contributed by atoms with Gasteiger partial charge in [-0.1, -0.05) is 0 Å². The van der Waals surface area contributed by atoms with Crippen LogP contribution in [-0.4, -0.2) is 24.5 Å². The predicted molar refractivity (Wildman–Crippen MR) is 85.7 cm³/mol. The molecule has 3 rings (SSSR count). The first-order valence-electron chi connectivity index (χ1n) is 7.05. The molecule has 6 heteroatoms. The minimum absolute atomic E-state index is 0.0547. The van der Waals surface area contributed by atoms with Crippen molar-refractivity contribution in [3.8, 4) is 5.75 Å². The molecule has 1 unspecified atom stereocenters. The Hall–Kier alpha value is -1.40. The Kier molecular flexibility index (Phi) is 4.26. The fourth-order valence-corrected chi connectivity index (χ4v) is 4.59. The normalized spacial score (nSPS) is 17.3. The van der Waals surface area contributed by atoms with E-state index in [1.165, 1.54) is 28.3 Å². The summed E-state index contributed by atoms with van der Waals surface area (Å²) in [5.41, 5.74) is 1.20. The lowest BCUT2D eigenvalue weighted by Crippen LogP contribution is -2.29. The number of fused-ring (bicyclic) bond motifs is 1. The van der Waals surface area contributed by atoms with Crippen molar-refractivity contribution in [1.82, 2.24) is 10.3 Å². The van der Waals surface area contributed by atoms with Gasteiger partial charge in [-0.15, -0.1) is 22.7 Å². The van der Waals surface area contributed by atoms with E-state index < -0.39 is 0 Å². The number of ether oxygens (including phenoxy) is 1. The highest BCUT2D eigenvalue weighted by Gasteiger charge is 2.25. The van der Waals surface area contributed by atoms with E-state index in [1.807, 2.05) is 11.4 Å². The summed E-state index contributed by atoms with van der Waals surface area (Å²) >= 11 is 3.20. The van der Waals surface area contributed by atoms with Crippen LogP contribution in [0.3, 0.4) is 0 Å². The molecule has 0 bridgehead atoms. The SMILES string of the molecule is COc1ccsc1C(=O)NCC1CCCc2sc(C)nc21. The summed E-state index contributed by atoms with van der Waals surface area (Å²) in [4.78, 5) is 18.9. The number of hydrogen-bond acceptors (Lipinski definition) is 5. The summed E-state index contributed by atoms with van der Waals surface area (Å²) in [6, 6.07) is 1.82. The van der Waals surface area contributed by atoms with Gasteiger partial charge in [0.25, 0.3) is 5.91 Å². The lowest BCUT2D eigenvalue weighted by molar-refractivity contribution is 0.0951. The van der Waals surface area contributed by atoms with Gasteiger partial charge in [-0.3, -0.25) is 4.79 Å². The van der Waals surface area contributed by atoms with E-state index in [1.54, 1.807) is 18.4 Å². The highest BCUT2D eigenvalue weighted by atomic mass is 32.1. The second kappa shape index (κ2) is 6.15. The van der Waals surface area contributed by atoms with Gasteiger partial charge in [0.15, 0.2) is 0 Å². The number of carbonyl (C=O) groups excluding carboxylic acids is 1. The van der Waals surface area contributed by atoms with E-state index in [9.17, 15) is 4.79 Å². The highest BCUT2D eigenvalue weighted by molar-refractivity contribution is 7.12. The molecule has 1 atom stereocenters. The second-order valence-electron chi connectivity index (χ2n) is 5.16. The van der Waals surface area contributed by atoms with Crippen molar-refractivity contribution >= 4 is 28.6 Å². The lowest BCUT2D eigenvalue weighted by Gasteiger charge is -2.21. The Morgan fingerprint density at radius 2 is 2.43 bits per heavy atom. The van der Waals surface area contributed by atoms with Crippen LogP contribution < -0.4 is 10.1 Å². The largest absolute Gasteiger partial charge is 0.495 e. The Morgan fingerprint density at radius 1 is 1.57 bits per heavy atom. The van der Waals surface area contributed by atoms with E-state index >= 15 is 0 Å². The zero-order chi connectivity index (χ0) is 14.8. The highest BCUT2D eigenvalue weighted by Crippen LogP contribution is 2.34. The molecular weight excluding hydrogens is 304 g/mol. The molecular formula is C15H18N2O2S2. The number of thiophene rings is 1. The topological polar surface area (TPSA) is 51.2 Å². The lowest BCUT2D eigenvalue weighted by atomic mass is 9.91. The quantitative estimate of drug-likeness (QED) is 0.939. The van der Waals surface area contributed by atoms with Gasteiger partial charge in [-0.05, 0) is 37.6 Å². The molecule has 1 amide bonds. The molecule has 1 aliphatic rings. The average Bonchev–Trinajstić information content (AvgIpc) is 3.09. The molecule has 2 heterocycles. The summed E-state index contributed by atoms with van der Waals surface area (Å²) in [5.74, 6) is 0.931. The monoisotopic (exact) mass is 322 g/mol. The Bertz CT molecular complexity index is 648. The predicted octanol–water partition coefficient (Wildman–Crippen LogP) is 3.37. The van der Waals surface area contributed by atoms with Gasteiger partial charge in [-0.2, -0.15) is 0 Å². The number of hydrogen-bond donors (Lipinski definition) is 1. The molecule has 0 saturated heterocycles. The molecule has 1 N–H and O–H groups in total. The van der Waals surface area contributed by atoms with Gasteiger partial charge in [0.1, 0.15) is 10.6 Å². The van der Waals surface area contributed by atoms with Gasteiger partial charge in [0.2, 0.25) is 0 Å². The summed E-state index contributed by atoms with van der Waals surface area (Å²) in [7, 11) is 1.59. The van der Waals surface area contributed by atoms with E-state index in [0.29, 0.717) is 23.1 Å². The number of amides is 1. The molecule has 21 heavy (non-hydrogen) atoms. The van der Waals surface area contributed by atoms with Crippen molar-refractivity contribution in [3.05, 3.63) is 31.9 Å². The van der Waals surface area contributed by atoms with Crippen LogP contribution in [-0.2, 0) is 6.42 Å². The van der Waals surface area contributed by atoms with Gasteiger partial charge in [0.05, 0.1) is 17.8 Å². The fourth-order valence-electron chi connectivity index (χ4n) is 2.75. The van der Waals surface area contributed by atoms with Crippen LogP contribution in [0.1, 0.15) is 44.0 Å². The Labute approximate surface area is 132 Å². The number of carbonyl (C=O) groups is 1. The van der Waals surface area contributed by atoms with Crippen molar-refractivity contribution in [1.29, 1.82) is 0 Å². The third-order valence-corrected chi connectivity index (χ3v) is 5.68. The molecule has 2 aromatic rings. The van der Waals surface area contributed by atoms with Crippen LogP contribution in [0.4, 0.5) is 0 Å². The van der Waals surface area contributed by atoms with Crippen LogP contribution >= 0.6 is 22.7 Å². The molecule has 0 fully saturated rings. The minimum atomic E-state index is -0.0547. The van der Waals surface area contributed by atoms with Crippen LogP contribution in [0, 0.1) is 6.92 Å². The van der Waals surface area contributed by atoms with Crippen molar-refractivity contribution in [3.63, 3.8) is 0 Å². The number of nitrogens with one attached hydrogen (secondary N) is 1. The third kappa shape index (κ3) is 2.96. The molecule has 2 aromatic heterocycles.